The molecule has 3 N–H and O–H groups in total. The van der Waals surface area contributed by atoms with E-state index in [1.165, 1.54) is 0 Å². The summed E-state index contributed by atoms with van der Waals surface area (Å²) in [5.74, 6) is 0.762. The number of carbonyl (C=O) groups is 1. The maximum Gasteiger partial charge on any atom is 0.240 e. The normalized spacial score (nSPS) is 17.9. The second kappa shape index (κ2) is 5.21. The zero-order chi connectivity index (χ0) is 14.0. The Morgan fingerprint density at radius 3 is 2.63 bits per heavy atom. The SMILES string of the molecule is CC(C)Oc1cccc(C(C)NC(=O)C2(N)CC2)c1. The summed E-state index contributed by atoms with van der Waals surface area (Å²) < 4.78 is 5.65. The van der Waals surface area contributed by atoms with Gasteiger partial charge in [0.1, 0.15) is 5.75 Å². The first-order valence-corrected chi connectivity index (χ1v) is 6.77. The fourth-order valence-electron chi connectivity index (χ4n) is 1.91. The fraction of sp³-hybridized carbons (Fsp3) is 0.533. The van der Waals surface area contributed by atoms with Gasteiger partial charge in [-0.2, -0.15) is 0 Å². The van der Waals surface area contributed by atoms with Crippen molar-refractivity contribution in [1.82, 2.24) is 5.32 Å². The molecule has 0 saturated heterocycles. The van der Waals surface area contributed by atoms with Gasteiger partial charge in [-0.05, 0) is 51.3 Å². The lowest BCUT2D eigenvalue weighted by atomic mass is 10.1. The average Bonchev–Trinajstić information content (AvgIpc) is 3.08. The van der Waals surface area contributed by atoms with Gasteiger partial charge in [0.2, 0.25) is 5.91 Å². The van der Waals surface area contributed by atoms with Crippen molar-refractivity contribution in [1.29, 1.82) is 0 Å². The molecule has 19 heavy (non-hydrogen) atoms. The molecule has 4 heteroatoms. The highest BCUT2D eigenvalue weighted by Crippen LogP contribution is 2.33. The van der Waals surface area contributed by atoms with Gasteiger partial charge >= 0.3 is 0 Å². The van der Waals surface area contributed by atoms with E-state index in [0.29, 0.717) is 0 Å². The summed E-state index contributed by atoms with van der Waals surface area (Å²) in [5, 5.41) is 2.96. The summed E-state index contributed by atoms with van der Waals surface area (Å²) in [5.41, 5.74) is 6.27. The molecule has 0 radical (unpaired) electrons. The van der Waals surface area contributed by atoms with E-state index in [2.05, 4.69) is 5.32 Å². The smallest absolute Gasteiger partial charge is 0.240 e. The lowest BCUT2D eigenvalue weighted by molar-refractivity contribution is -0.123. The van der Waals surface area contributed by atoms with Crippen LogP contribution in [0, 0.1) is 0 Å². The summed E-state index contributed by atoms with van der Waals surface area (Å²) in [6.07, 6.45) is 1.70. The van der Waals surface area contributed by atoms with Crippen LogP contribution in [0.4, 0.5) is 0 Å². The van der Waals surface area contributed by atoms with E-state index >= 15 is 0 Å². The number of amides is 1. The van der Waals surface area contributed by atoms with Crippen LogP contribution in [0.2, 0.25) is 0 Å². The van der Waals surface area contributed by atoms with E-state index in [-0.39, 0.29) is 18.1 Å². The fourth-order valence-corrected chi connectivity index (χ4v) is 1.91. The van der Waals surface area contributed by atoms with Gasteiger partial charge in [-0.3, -0.25) is 4.79 Å². The number of carbonyl (C=O) groups excluding carboxylic acids is 1. The highest BCUT2D eigenvalue weighted by atomic mass is 16.5. The number of nitrogens with one attached hydrogen (secondary N) is 1. The van der Waals surface area contributed by atoms with E-state index in [1.54, 1.807) is 0 Å². The van der Waals surface area contributed by atoms with Crippen LogP contribution in [-0.4, -0.2) is 17.6 Å². The third kappa shape index (κ3) is 3.47. The lowest BCUT2D eigenvalue weighted by Crippen LogP contribution is -2.43. The molecular weight excluding hydrogens is 240 g/mol. The van der Waals surface area contributed by atoms with E-state index in [0.717, 1.165) is 24.2 Å². The zero-order valence-corrected chi connectivity index (χ0v) is 11.8. The number of hydrogen-bond donors (Lipinski definition) is 2. The van der Waals surface area contributed by atoms with E-state index < -0.39 is 5.54 Å². The molecule has 4 nitrogen and oxygen atoms in total. The molecule has 1 saturated carbocycles. The van der Waals surface area contributed by atoms with Gasteiger partial charge in [0.05, 0.1) is 17.7 Å². The molecule has 1 aliphatic rings. The Hall–Kier alpha value is -1.55. The standard InChI is InChI=1S/C15H22N2O2/c1-10(2)19-13-6-4-5-12(9-13)11(3)17-14(18)15(16)7-8-15/h4-6,9-11H,7-8,16H2,1-3H3,(H,17,18). The minimum absolute atomic E-state index is 0.0600. The first-order chi connectivity index (χ1) is 8.90. The van der Waals surface area contributed by atoms with Crippen molar-refractivity contribution < 1.29 is 9.53 Å². The highest BCUT2D eigenvalue weighted by Gasteiger charge is 2.46. The van der Waals surface area contributed by atoms with Crippen molar-refractivity contribution >= 4 is 5.91 Å². The molecule has 2 rings (SSSR count). The Morgan fingerprint density at radius 1 is 1.37 bits per heavy atom. The minimum Gasteiger partial charge on any atom is -0.491 e. The van der Waals surface area contributed by atoms with Crippen molar-refractivity contribution in [3.63, 3.8) is 0 Å². The van der Waals surface area contributed by atoms with Gasteiger partial charge in [-0.1, -0.05) is 12.1 Å². The largest absolute Gasteiger partial charge is 0.491 e. The van der Waals surface area contributed by atoms with Crippen LogP contribution < -0.4 is 15.8 Å². The van der Waals surface area contributed by atoms with Gasteiger partial charge in [-0.25, -0.2) is 0 Å². The van der Waals surface area contributed by atoms with Crippen molar-refractivity contribution in [2.24, 2.45) is 5.73 Å². The molecule has 1 fully saturated rings. The Kier molecular flexibility index (Phi) is 3.80. The molecule has 0 heterocycles. The predicted molar refractivity (Wildman–Crippen MR) is 74.9 cm³/mol. The van der Waals surface area contributed by atoms with Crippen LogP contribution in [0.15, 0.2) is 24.3 Å². The summed E-state index contributed by atoms with van der Waals surface area (Å²) in [6, 6.07) is 7.73. The molecule has 0 bridgehead atoms. The molecule has 0 aliphatic heterocycles. The Labute approximate surface area is 114 Å². The van der Waals surface area contributed by atoms with Gasteiger partial charge in [0, 0.05) is 0 Å². The molecule has 1 unspecified atom stereocenters. The lowest BCUT2D eigenvalue weighted by Gasteiger charge is -2.18. The van der Waals surface area contributed by atoms with E-state index in [4.69, 9.17) is 10.5 Å². The molecule has 1 amide bonds. The quantitative estimate of drug-likeness (QED) is 0.854. The number of benzene rings is 1. The number of rotatable bonds is 5. The van der Waals surface area contributed by atoms with Gasteiger partial charge < -0.3 is 15.8 Å². The second-order valence-corrected chi connectivity index (χ2v) is 5.59. The van der Waals surface area contributed by atoms with E-state index in [1.807, 2.05) is 45.0 Å². The first-order valence-electron chi connectivity index (χ1n) is 6.77. The average molecular weight is 262 g/mol. The van der Waals surface area contributed by atoms with Crippen molar-refractivity contribution in [2.45, 2.75) is 51.3 Å². The Bertz CT molecular complexity index is 467. The second-order valence-electron chi connectivity index (χ2n) is 5.59. The van der Waals surface area contributed by atoms with Crippen LogP contribution in [0.1, 0.15) is 45.2 Å². The maximum absolute atomic E-state index is 11.9. The van der Waals surface area contributed by atoms with Crippen LogP contribution in [0.3, 0.4) is 0 Å². The minimum atomic E-state index is -0.625. The molecule has 1 atom stereocenters. The molecule has 1 aromatic rings. The summed E-state index contributed by atoms with van der Waals surface area (Å²) in [6.45, 7) is 5.93. The summed E-state index contributed by atoms with van der Waals surface area (Å²) in [4.78, 5) is 11.9. The monoisotopic (exact) mass is 262 g/mol. The van der Waals surface area contributed by atoms with Crippen molar-refractivity contribution in [2.75, 3.05) is 0 Å². The highest BCUT2D eigenvalue weighted by molar-refractivity contribution is 5.89. The molecule has 104 valence electrons. The molecular formula is C15H22N2O2. The molecule has 0 spiro atoms. The van der Waals surface area contributed by atoms with Crippen LogP contribution in [0.5, 0.6) is 5.75 Å². The topological polar surface area (TPSA) is 64.3 Å². The Balaban J connectivity index is 2.02. The van der Waals surface area contributed by atoms with Crippen LogP contribution >= 0.6 is 0 Å². The summed E-state index contributed by atoms with van der Waals surface area (Å²) >= 11 is 0. The third-order valence-corrected chi connectivity index (χ3v) is 3.32. The zero-order valence-electron chi connectivity index (χ0n) is 11.8. The van der Waals surface area contributed by atoms with E-state index in [9.17, 15) is 4.79 Å². The summed E-state index contributed by atoms with van der Waals surface area (Å²) in [7, 11) is 0. The third-order valence-electron chi connectivity index (χ3n) is 3.32. The first kappa shape index (κ1) is 13.9. The van der Waals surface area contributed by atoms with Gasteiger partial charge in [0.15, 0.2) is 0 Å². The van der Waals surface area contributed by atoms with Crippen LogP contribution in [0.25, 0.3) is 0 Å². The Morgan fingerprint density at radius 2 is 2.05 bits per heavy atom. The number of ether oxygens (including phenoxy) is 1. The van der Waals surface area contributed by atoms with Gasteiger partial charge in [-0.15, -0.1) is 0 Å². The predicted octanol–water partition coefficient (Wildman–Crippen LogP) is 2.14. The van der Waals surface area contributed by atoms with Gasteiger partial charge in [0.25, 0.3) is 0 Å². The number of hydrogen-bond acceptors (Lipinski definition) is 3. The molecule has 1 aromatic carbocycles. The molecule has 1 aliphatic carbocycles. The number of nitrogens with two attached hydrogens (primary N) is 1. The van der Waals surface area contributed by atoms with Crippen molar-refractivity contribution in [3.05, 3.63) is 29.8 Å². The van der Waals surface area contributed by atoms with Crippen LogP contribution in [-0.2, 0) is 4.79 Å². The van der Waals surface area contributed by atoms with Crippen molar-refractivity contribution in [3.8, 4) is 5.75 Å². The maximum atomic E-state index is 11.9. The molecule has 0 aromatic heterocycles.